The number of carbonyl (C=O) groups excluding carboxylic acids is 1. The lowest BCUT2D eigenvalue weighted by atomic mass is 10.3. The highest BCUT2D eigenvalue weighted by Crippen LogP contribution is 2.08. The summed E-state index contributed by atoms with van der Waals surface area (Å²) < 4.78 is 5.40. The van der Waals surface area contributed by atoms with Crippen LogP contribution in [0.1, 0.15) is 18.4 Å². The van der Waals surface area contributed by atoms with Gasteiger partial charge in [0.2, 0.25) is 5.91 Å². The maximum absolute atomic E-state index is 11.6. The molecule has 1 amide bonds. The van der Waals surface area contributed by atoms with E-state index >= 15 is 0 Å². The van der Waals surface area contributed by atoms with Crippen LogP contribution in [0.2, 0.25) is 0 Å². The fourth-order valence-electron chi connectivity index (χ4n) is 1.26. The van der Waals surface area contributed by atoms with Crippen molar-refractivity contribution >= 4 is 5.91 Å². The Kier molecular flexibility index (Phi) is 4.58. The lowest BCUT2D eigenvalue weighted by Crippen LogP contribution is -2.23. The molecular weight excluding hydrogens is 202 g/mol. The molecule has 3 nitrogen and oxygen atoms in total. The topological polar surface area (TPSA) is 33.5 Å². The monoisotopic (exact) mass is 219 g/mol. The number of furan rings is 1. The highest BCUT2D eigenvalue weighted by atomic mass is 16.3. The van der Waals surface area contributed by atoms with Crippen LogP contribution in [-0.2, 0) is 11.3 Å². The molecule has 0 fully saturated rings. The van der Waals surface area contributed by atoms with Gasteiger partial charge in [-0.1, -0.05) is 18.2 Å². The van der Waals surface area contributed by atoms with Gasteiger partial charge in [-0.05, 0) is 26.0 Å². The Hall–Kier alpha value is -1.77. The van der Waals surface area contributed by atoms with Crippen molar-refractivity contribution in [2.75, 3.05) is 7.05 Å². The van der Waals surface area contributed by atoms with Gasteiger partial charge in [0.15, 0.2) is 0 Å². The van der Waals surface area contributed by atoms with Crippen molar-refractivity contribution in [3.63, 3.8) is 0 Å². The lowest BCUT2D eigenvalue weighted by Gasteiger charge is -2.12. The molecular formula is C13H17NO2. The van der Waals surface area contributed by atoms with Crippen molar-refractivity contribution in [3.8, 4) is 0 Å². The zero-order chi connectivity index (χ0) is 12.0. The zero-order valence-electron chi connectivity index (χ0n) is 9.93. The number of nitrogens with zero attached hydrogens (tertiary/aromatic N) is 1. The van der Waals surface area contributed by atoms with Gasteiger partial charge in [0.05, 0.1) is 6.54 Å². The van der Waals surface area contributed by atoms with Crippen molar-refractivity contribution in [1.82, 2.24) is 4.90 Å². The highest BCUT2D eigenvalue weighted by molar-refractivity contribution is 5.87. The molecule has 0 unspecified atom stereocenters. The van der Waals surface area contributed by atoms with E-state index in [0.29, 0.717) is 6.54 Å². The molecule has 0 aliphatic rings. The van der Waals surface area contributed by atoms with E-state index in [9.17, 15) is 4.79 Å². The first kappa shape index (κ1) is 12.3. The maximum atomic E-state index is 11.6. The third kappa shape index (κ3) is 3.77. The maximum Gasteiger partial charge on any atom is 0.246 e. The minimum absolute atomic E-state index is 0.0350. The van der Waals surface area contributed by atoms with E-state index in [1.807, 2.05) is 38.1 Å². The Labute approximate surface area is 96.1 Å². The summed E-state index contributed by atoms with van der Waals surface area (Å²) in [6.45, 7) is 4.29. The summed E-state index contributed by atoms with van der Waals surface area (Å²) in [5.74, 6) is 1.63. The minimum atomic E-state index is -0.0350. The van der Waals surface area contributed by atoms with Crippen LogP contribution in [0.4, 0.5) is 0 Å². The number of aryl methyl sites for hydroxylation is 1. The molecule has 3 heteroatoms. The summed E-state index contributed by atoms with van der Waals surface area (Å²) in [7, 11) is 1.75. The summed E-state index contributed by atoms with van der Waals surface area (Å²) >= 11 is 0. The largest absolute Gasteiger partial charge is 0.464 e. The Morgan fingerprint density at radius 2 is 2.19 bits per heavy atom. The second kappa shape index (κ2) is 5.95. The first-order chi connectivity index (χ1) is 7.63. The normalized spacial score (nSPS) is 11.4. The third-order valence-corrected chi connectivity index (χ3v) is 2.11. The number of hydrogen-bond donors (Lipinski definition) is 0. The molecule has 1 aromatic heterocycles. The Morgan fingerprint density at radius 3 is 2.75 bits per heavy atom. The highest BCUT2D eigenvalue weighted by Gasteiger charge is 2.07. The molecule has 16 heavy (non-hydrogen) atoms. The van der Waals surface area contributed by atoms with Gasteiger partial charge in [-0.15, -0.1) is 0 Å². The minimum Gasteiger partial charge on any atom is -0.464 e. The molecule has 0 aromatic carbocycles. The van der Waals surface area contributed by atoms with Crippen LogP contribution in [0.5, 0.6) is 0 Å². The van der Waals surface area contributed by atoms with Gasteiger partial charge in [-0.2, -0.15) is 0 Å². The molecule has 0 aliphatic carbocycles. The van der Waals surface area contributed by atoms with Gasteiger partial charge in [0.25, 0.3) is 0 Å². The number of carbonyl (C=O) groups is 1. The molecule has 0 bridgehead atoms. The van der Waals surface area contributed by atoms with E-state index in [-0.39, 0.29) is 5.91 Å². The van der Waals surface area contributed by atoms with E-state index in [1.54, 1.807) is 18.0 Å². The van der Waals surface area contributed by atoms with Crippen molar-refractivity contribution in [1.29, 1.82) is 0 Å². The van der Waals surface area contributed by atoms with Crippen molar-refractivity contribution < 1.29 is 9.21 Å². The van der Waals surface area contributed by atoms with Gasteiger partial charge in [0, 0.05) is 13.1 Å². The molecule has 0 N–H and O–H groups in total. The van der Waals surface area contributed by atoms with E-state index in [2.05, 4.69) is 0 Å². The summed E-state index contributed by atoms with van der Waals surface area (Å²) in [6, 6.07) is 3.78. The van der Waals surface area contributed by atoms with Crippen molar-refractivity contribution in [3.05, 3.63) is 48.0 Å². The standard InChI is InChI=1S/C13H17NO2/c1-4-5-6-7-13(15)14(3)10-12-9-8-11(2)16-12/h4-9H,10H2,1-3H3/b5-4+,7-6+. The first-order valence-electron chi connectivity index (χ1n) is 5.23. The van der Waals surface area contributed by atoms with Crippen LogP contribution in [0.25, 0.3) is 0 Å². The summed E-state index contributed by atoms with van der Waals surface area (Å²) in [6.07, 6.45) is 6.96. The van der Waals surface area contributed by atoms with Crippen LogP contribution < -0.4 is 0 Å². The van der Waals surface area contributed by atoms with Crippen LogP contribution in [0, 0.1) is 6.92 Å². The predicted octanol–water partition coefficient (Wildman–Crippen LogP) is 2.68. The molecule has 86 valence electrons. The van der Waals surface area contributed by atoms with Crippen LogP contribution in [0.15, 0.2) is 40.9 Å². The third-order valence-electron chi connectivity index (χ3n) is 2.11. The first-order valence-corrected chi connectivity index (χ1v) is 5.23. The van der Waals surface area contributed by atoms with Crippen molar-refractivity contribution in [2.24, 2.45) is 0 Å². The molecule has 1 heterocycles. The number of hydrogen-bond acceptors (Lipinski definition) is 2. The predicted molar refractivity (Wildman–Crippen MR) is 63.9 cm³/mol. The number of allylic oxidation sites excluding steroid dienone is 3. The molecule has 0 saturated heterocycles. The lowest BCUT2D eigenvalue weighted by molar-refractivity contribution is -0.125. The summed E-state index contributed by atoms with van der Waals surface area (Å²) in [5, 5.41) is 0. The average Bonchev–Trinajstić information content (AvgIpc) is 2.64. The fraction of sp³-hybridized carbons (Fsp3) is 0.308. The Morgan fingerprint density at radius 1 is 1.44 bits per heavy atom. The molecule has 1 aromatic rings. The average molecular weight is 219 g/mol. The number of amides is 1. The van der Waals surface area contributed by atoms with E-state index in [1.165, 1.54) is 6.08 Å². The van der Waals surface area contributed by atoms with Gasteiger partial charge in [-0.3, -0.25) is 4.79 Å². The van der Waals surface area contributed by atoms with E-state index in [0.717, 1.165) is 11.5 Å². The quantitative estimate of drug-likeness (QED) is 0.576. The molecule has 0 spiro atoms. The second-order valence-electron chi connectivity index (χ2n) is 3.59. The zero-order valence-corrected chi connectivity index (χ0v) is 9.93. The van der Waals surface area contributed by atoms with Gasteiger partial charge in [0.1, 0.15) is 11.5 Å². The molecule has 0 radical (unpaired) electrons. The fourth-order valence-corrected chi connectivity index (χ4v) is 1.26. The molecule has 0 aliphatic heterocycles. The molecule has 0 saturated carbocycles. The smallest absolute Gasteiger partial charge is 0.246 e. The summed E-state index contributed by atoms with van der Waals surface area (Å²) in [5.41, 5.74) is 0. The molecule has 1 rings (SSSR count). The SMILES string of the molecule is C/C=C/C=C/C(=O)N(C)Cc1ccc(C)o1. The number of likely N-dealkylation sites (N-methyl/N-ethyl adjacent to an activating group) is 1. The van der Waals surface area contributed by atoms with Gasteiger partial charge < -0.3 is 9.32 Å². The van der Waals surface area contributed by atoms with Gasteiger partial charge in [-0.25, -0.2) is 0 Å². The van der Waals surface area contributed by atoms with E-state index in [4.69, 9.17) is 4.42 Å². The van der Waals surface area contributed by atoms with Crippen LogP contribution in [-0.4, -0.2) is 17.9 Å². The molecule has 0 atom stereocenters. The van der Waals surface area contributed by atoms with Crippen LogP contribution >= 0.6 is 0 Å². The Bertz CT molecular complexity index is 402. The van der Waals surface area contributed by atoms with Gasteiger partial charge >= 0.3 is 0 Å². The number of rotatable bonds is 4. The van der Waals surface area contributed by atoms with Crippen LogP contribution in [0.3, 0.4) is 0 Å². The second-order valence-corrected chi connectivity index (χ2v) is 3.59. The van der Waals surface area contributed by atoms with E-state index < -0.39 is 0 Å². The van der Waals surface area contributed by atoms with Crippen molar-refractivity contribution in [2.45, 2.75) is 20.4 Å². The summed E-state index contributed by atoms with van der Waals surface area (Å²) in [4.78, 5) is 13.2. The Balaban J connectivity index is 2.52.